The Morgan fingerprint density at radius 3 is 2.62 bits per heavy atom. The molecule has 92 valence electrons. The second-order valence-electron chi connectivity index (χ2n) is 4.60. The van der Waals surface area contributed by atoms with Gasteiger partial charge in [-0.05, 0) is 31.1 Å². The van der Waals surface area contributed by atoms with Crippen molar-refractivity contribution in [3.05, 3.63) is 0 Å². The van der Waals surface area contributed by atoms with Crippen LogP contribution in [0.5, 0.6) is 0 Å². The lowest BCUT2D eigenvalue weighted by Crippen LogP contribution is -2.42. The first-order valence-electron chi connectivity index (χ1n) is 5.75. The number of carboxylic acid groups (broad SMARTS) is 1. The largest absolute Gasteiger partial charge is 0.481 e. The number of amides is 1. The molecule has 0 aromatic carbocycles. The van der Waals surface area contributed by atoms with Crippen LogP contribution in [0.2, 0.25) is 0 Å². The third kappa shape index (κ3) is 4.61. The van der Waals surface area contributed by atoms with E-state index < -0.39 is 12.0 Å². The van der Waals surface area contributed by atoms with Gasteiger partial charge in [0.05, 0.1) is 6.04 Å². The van der Waals surface area contributed by atoms with Crippen LogP contribution in [0.4, 0.5) is 0 Å². The summed E-state index contributed by atoms with van der Waals surface area (Å²) < 4.78 is 0. The second-order valence-corrected chi connectivity index (χ2v) is 4.60. The number of rotatable bonds is 7. The van der Waals surface area contributed by atoms with Gasteiger partial charge in [0.1, 0.15) is 0 Å². The van der Waals surface area contributed by atoms with Crippen LogP contribution in [-0.4, -0.2) is 29.6 Å². The van der Waals surface area contributed by atoms with Gasteiger partial charge in [-0.3, -0.25) is 9.59 Å². The minimum atomic E-state index is -0.922. The Labute approximate surface area is 95.4 Å². The average Bonchev–Trinajstić information content (AvgIpc) is 3.05. The first kappa shape index (κ1) is 13.0. The van der Waals surface area contributed by atoms with Gasteiger partial charge in [0.2, 0.25) is 5.91 Å². The molecular weight excluding hydrogens is 208 g/mol. The van der Waals surface area contributed by atoms with E-state index in [-0.39, 0.29) is 18.7 Å². The number of aliphatic carboxylic acids is 1. The number of hydrogen-bond acceptors (Lipinski definition) is 3. The number of carbonyl (C=O) groups excluding carboxylic acids is 1. The molecule has 0 spiro atoms. The Bertz CT molecular complexity index is 264. The molecule has 0 heterocycles. The molecule has 1 amide bonds. The number of nitrogens with two attached hydrogens (primary N) is 1. The zero-order chi connectivity index (χ0) is 12.1. The molecule has 0 aromatic heterocycles. The van der Waals surface area contributed by atoms with E-state index in [1.54, 1.807) is 0 Å². The molecule has 2 atom stereocenters. The number of hydrogen-bond donors (Lipinski definition) is 3. The van der Waals surface area contributed by atoms with E-state index in [4.69, 9.17) is 10.8 Å². The van der Waals surface area contributed by atoms with E-state index in [1.807, 2.05) is 0 Å². The summed E-state index contributed by atoms with van der Waals surface area (Å²) in [6.07, 6.45) is 2.63. The second kappa shape index (κ2) is 5.84. The first-order chi connectivity index (χ1) is 7.50. The van der Waals surface area contributed by atoms with Gasteiger partial charge in [0.15, 0.2) is 0 Å². The van der Waals surface area contributed by atoms with Crippen molar-refractivity contribution >= 4 is 11.9 Å². The topological polar surface area (TPSA) is 92.4 Å². The Morgan fingerprint density at radius 2 is 2.12 bits per heavy atom. The molecule has 1 fully saturated rings. The molecule has 4 N–H and O–H groups in total. The van der Waals surface area contributed by atoms with Crippen LogP contribution in [-0.2, 0) is 9.59 Å². The molecule has 5 nitrogen and oxygen atoms in total. The van der Waals surface area contributed by atoms with Gasteiger partial charge in [-0.15, -0.1) is 0 Å². The van der Waals surface area contributed by atoms with Crippen molar-refractivity contribution < 1.29 is 14.7 Å². The van der Waals surface area contributed by atoms with E-state index in [0.29, 0.717) is 12.5 Å². The molecule has 16 heavy (non-hydrogen) atoms. The molecule has 1 aliphatic rings. The van der Waals surface area contributed by atoms with Crippen molar-refractivity contribution in [1.29, 1.82) is 0 Å². The maximum Gasteiger partial charge on any atom is 0.303 e. The van der Waals surface area contributed by atoms with Gasteiger partial charge in [-0.2, -0.15) is 0 Å². The number of nitrogens with one attached hydrogen (secondary N) is 1. The molecule has 1 saturated carbocycles. The van der Waals surface area contributed by atoms with Crippen LogP contribution in [0.15, 0.2) is 0 Å². The van der Waals surface area contributed by atoms with Gasteiger partial charge in [-0.25, -0.2) is 0 Å². The van der Waals surface area contributed by atoms with Gasteiger partial charge >= 0.3 is 5.97 Å². The fourth-order valence-corrected chi connectivity index (χ4v) is 1.63. The summed E-state index contributed by atoms with van der Waals surface area (Å²) in [7, 11) is 0. The number of carbonyl (C=O) groups is 2. The fraction of sp³-hybridized carbons (Fsp3) is 0.818. The summed E-state index contributed by atoms with van der Waals surface area (Å²) in [6, 6.07) is -0.706. The third-order valence-electron chi connectivity index (χ3n) is 3.03. The van der Waals surface area contributed by atoms with Gasteiger partial charge in [0, 0.05) is 13.0 Å². The van der Waals surface area contributed by atoms with E-state index in [9.17, 15) is 9.59 Å². The standard InChI is InChI=1S/C11H20N2O3/c1-7(8-2-3-8)6-13-11(16)9(12)4-5-10(14)15/h7-9H,2-6,12H2,1H3,(H,13,16)(H,14,15). The summed E-state index contributed by atoms with van der Waals surface area (Å²) in [5.74, 6) is 0.0783. The Morgan fingerprint density at radius 1 is 1.50 bits per heavy atom. The lowest BCUT2D eigenvalue weighted by molar-refractivity contribution is -0.137. The minimum absolute atomic E-state index is 0.0627. The van der Waals surface area contributed by atoms with Crippen LogP contribution in [0.3, 0.4) is 0 Å². The third-order valence-corrected chi connectivity index (χ3v) is 3.03. The maximum atomic E-state index is 11.5. The first-order valence-corrected chi connectivity index (χ1v) is 5.75. The molecule has 1 aliphatic carbocycles. The van der Waals surface area contributed by atoms with Crippen molar-refractivity contribution in [1.82, 2.24) is 5.32 Å². The minimum Gasteiger partial charge on any atom is -0.481 e. The average molecular weight is 228 g/mol. The summed E-state index contributed by atoms with van der Waals surface area (Å²) in [4.78, 5) is 21.8. The predicted octanol–water partition coefficient (Wildman–Crippen LogP) is 0.341. The molecule has 5 heteroatoms. The van der Waals surface area contributed by atoms with Crippen LogP contribution < -0.4 is 11.1 Å². The van der Waals surface area contributed by atoms with Crippen LogP contribution >= 0.6 is 0 Å². The quantitative estimate of drug-likeness (QED) is 0.586. The zero-order valence-corrected chi connectivity index (χ0v) is 9.61. The van der Waals surface area contributed by atoms with Crippen molar-refractivity contribution in [3.63, 3.8) is 0 Å². The van der Waals surface area contributed by atoms with Gasteiger partial charge in [0.25, 0.3) is 0 Å². The SMILES string of the molecule is CC(CNC(=O)C(N)CCC(=O)O)C1CC1. The highest BCUT2D eigenvalue weighted by atomic mass is 16.4. The van der Waals surface area contributed by atoms with Crippen molar-refractivity contribution in [2.24, 2.45) is 17.6 Å². The molecular formula is C11H20N2O3. The van der Waals surface area contributed by atoms with Gasteiger partial charge < -0.3 is 16.2 Å². The fourth-order valence-electron chi connectivity index (χ4n) is 1.63. The molecule has 0 bridgehead atoms. The molecule has 0 aliphatic heterocycles. The van der Waals surface area contributed by atoms with Crippen LogP contribution in [0.25, 0.3) is 0 Å². The van der Waals surface area contributed by atoms with Gasteiger partial charge in [-0.1, -0.05) is 6.92 Å². The summed E-state index contributed by atoms with van der Waals surface area (Å²) in [5, 5.41) is 11.2. The smallest absolute Gasteiger partial charge is 0.303 e. The molecule has 0 saturated heterocycles. The molecule has 2 unspecified atom stereocenters. The van der Waals surface area contributed by atoms with Crippen molar-refractivity contribution in [2.75, 3.05) is 6.54 Å². The highest BCUT2D eigenvalue weighted by Crippen LogP contribution is 2.35. The highest BCUT2D eigenvalue weighted by molar-refractivity contribution is 5.82. The van der Waals surface area contributed by atoms with Crippen LogP contribution in [0.1, 0.15) is 32.6 Å². The van der Waals surface area contributed by atoms with E-state index in [1.165, 1.54) is 12.8 Å². The molecule has 0 aromatic rings. The van der Waals surface area contributed by atoms with Crippen molar-refractivity contribution in [3.8, 4) is 0 Å². The van der Waals surface area contributed by atoms with Crippen molar-refractivity contribution in [2.45, 2.75) is 38.6 Å². The lowest BCUT2D eigenvalue weighted by atomic mass is 10.1. The predicted molar refractivity (Wildman–Crippen MR) is 59.7 cm³/mol. The maximum absolute atomic E-state index is 11.5. The molecule has 1 rings (SSSR count). The van der Waals surface area contributed by atoms with Crippen LogP contribution in [0, 0.1) is 11.8 Å². The molecule has 0 radical (unpaired) electrons. The Hall–Kier alpha value is -1.10. The zero-order valence-electron chi connectivity index (χ0n) is 9.61. The highest BCUT2D eigenvalue weighted by Gasteiger charge is 2.28. The van der Waals surface area contributed by atoms with E-state index in [2.05, 4.69) is 12.2 Å². The number of carboxylic acids is 1. The Balaban J connectivity index is 2.14. The normalized spacial score (nSPS) is 18.9. The summed E-state index contributed by atoms with van der Waals surface area (Å²) >= 11 is 0. The van der Waals surface area contributed by atoms with E-state index >= 15 is 0 Å². The van der Waals surface area contributed by atoms with E-state index in [0.717, 1.165) is 5.92 Å². The summed E-state index contributed by atoms with van der Waals surface area (Å²) in [6.45, 7) is 2.75. The Kier molecular flexibility index (Phi) is 4.73. The summed E-state index contributed by atoms with van der Waals surface area (Å²) in [5.41, 5.74) is 5.57. The lowest BCUT2D eigenvalue weighted by Gasteiger charge is -2.14. The monoisotopic (exact) mass is 228 g/mol.